The summed E-state index contributed by atoms with van der Waals surface area (Å²) in [4.78, 5) is 0. The maximum atomic E-state index is 6.06. The Kier molecular flexibility index (Phi) is 17.3. The Morgan fingerprint density at radius 1 is 1.17 bits per heavy atom. The van der Waals surface area contributed by atoms with Gasteiger partial charge in [0.05, 0.1) is 6.61 Å². The van der Waals surface area contributed by atoms with Crippen molar-refractivity contribution in [1.29, 1.82) is 0 Å². The first kappa shape index (κ1) is 28.1. The number of rotatable bonds is 9. The molecule has 1 aliphatic rings. The van der Waals surface area contributed by atoms with Crippen LogP contribution < -0.4 is 5.30 Å². The summed E-state index contributed by atoms with van der Waals surface area (Å²) in [7, 11) is 2.83. The van der Waals surface area contributed by atoms with Gasteiger partial charge < -0.3 is 4.74 Å². The second-order valence-corrected chi connectivity index (χ2v) is 7.92. The van der Waals surface area contributed by atoms with Crippen LogP contribution >= 0.6 is 9.24 Å². The highest BCUT2D eigenvalue weighted by molar-refractivity contribution is 7.27. The van der Waals surface area contributed by atoms with E-state index < -0.39 is 0 Å². The highest BCUT2D eigenvalue weighted by atomic mass is 31.0. The molecule has 0 radical (unpaired) electrons. The molecule has 1 aromatic carbocycles. The summed E-state index contributed by atoms with van der Waals surface area (Å²) in [6, 6.07) is 6.56. The van der Waals surface area contributed by atoms with Crippen LogP contribution in [0.1, 0.15) is 91.2 Å². The lowest BCUT2D eigenvalue weighted by Gasteiger charge is -2.25. The zero-order chi connectivity index (χ0) is 22.1. The molecule has 0 amide bonds. The third-order valence-corrected chi connectivity index (χ3v) is 5.95. The molecule has 2 rings (SSSR count). The van der Waals surface area contributed by atoms with Crippen LogP contribution in [-0.2, 0) is 11.3 Å². The topological polar surface area (TPSA) is 9.23 Å². The van der Waals surface area contributed by atoms with Crippen molar-refractivity contribution in [3.05, 3.63) is 53.1 Å². The summed E-state index contributed by atoms with van der Waals surface area (Å²) in [5, 5.41) is 1.26. The quantitative estimate of drug-likeness (QED) is 0.223. The fraction of sp³-hybridized carbons (Fsp3) is 0.630. The first-order valence-corrected chi connectivity index (χ1v) is 12.5. The van der Waals surface area contributed by atoms with Crippen LogP contribution in [0.5, 0.6) is 0 Å². The zero-order valence-electron chi connectivity index (χ0n) is 20.3. The lowest BCUT2D eigenvalue weighted by Crippen LogP contribution is -2.17. The number of allylic oxidation sites excluding steroid dienone is 4. The molecule has 2 atom stereocenters. The van der Waals surface area contributed by atoms with Gasteiger partial charge in [0.25, 0.3) is 0 Å². The van der Waals surface area contributed by atoms with E-state index in [1.807, 2.05) is 27.7 Å². The van der Waals surface area contributed by atoms with Gasteiger partial charge in [-0.1, -0.05) is 89.5 Å². The second kappa shape index (κ2) is 17.9. The maximum absolute atomic E-state index is 6.06. The maximum Gasteiger partial charge on any atom is 0.0722 e. The number of hydrogen-bond donors (Lipinski definition) is 0. The molecule has 0 saturated heterocycles. The van der Waals surface area contributed by atoms with E-state index in [1.165, 1.54) is 47.7 Å². The molecule has 1 nitrogen and oxygen atoms in total. The molecule has 0 spiro atoms. The van der Waals surface area contributed by atoms with Crippen LogP contribution in [-0.4, -0.2) is 6.61 Å². The summed E-state index contributed by atoms with van der Waals surface area (Å²) >= 11 is 0. The molecule has 0 N–H and O–H groups in total. The van der Waals surface area contributed by atoms with Gasteiger partial charge in [0.1, 0.15) is 0 Å². The summed E-state index contributed by atoms with van der Waals surface area (Å²) < 4.78 is 6.06. The fourth-order valence-electron chi connectivity index (χ4n) is 3.96. The van der Waals surface area contributed by atoms with Crippen molar-refractivity contribution in [2.24, 2.45) is 11.8 Å². The number of ether oxygens (including phenoxy) is 1. The minimum absolute atomic E-state index is 0.656. The summed E-state index contributed by atoms with van der Waals surface area (Å²) in [5.74, 6) is 1.50. The molecule has 0 heterocycles. The minimum atomic E-state index is 0.656. The van der Waals surface area contributed by atoms with Gasteiger partial charge in [0, 0.05) is 6.61 Å². The van der Waals surface area contributed by atoms with Crippen molar-refractivity contribution < 1.29 is 4.74 Å². The molecule has 0 aromatic heterocycles. The van der Waals surface area contributed by atoms with Gasteiger partial charge in [-0.05, 0) is 67.8 Å². The summed E-state index contributed by atoms with van der Waals surface area (Å²) in [6.45, 7) is 16.1. The Bertz CT molecular complexity index is 582. The predicted octanol–water partition coefficient (Wildman–Crippen LogP) is 8.17. The Labute approximate surface area is 184 Å². The van der Waals surface area contributed by atoms with Gasteiger partial charge in [-0.3, -0.25) is 0 Å². The van der Waals surface area contributed by atoms with E-state index in [0.29, 0.717) is 12.5 Å². The molecular weight excluding hydrogens is 371 g/mol. The Morgan fingerprint density at radius 3 is 2.38 bits per heavy atom. The van der Waals surface area contributed by atoms with Crippen molar-refractivity contribution in [1.82, 2.24) is 0 Å². The lowest BCUT2D eigenvalue weighted by molar-refractivity contribution is 0.105. The Hall–Kier alpha value is -0.910. The van der Waals surface area contributed by atoms with Crippen molar-refractivity contribution >= 4 is 14.5 Å². The number of aryl methyl sites for hydroxylation is 1. The summed E-state index contributed by atoms with van der Waals surface area (Å²) in [5.41, 5.74) is 4.10. The average molecular weight is 419 g/mol. The smallest absolute Gasteiger partial charge is 0.0722 e. The van der Waals surface area contributed by atoms with Crippen LogP contribution in [0, 0.1) is 18.8 Å². The summed E-state index contributed by atoms with van der Waals surface area (Å²) in [6.07, 6.45) is 14.8. The Balaban J connectivity index is 0.00000184. The van der Waals surface area contributed by atoms with Gasteiger partial charge in [-0.25, -0.2) is 0 Å². The first-order valence-electron chi connectivity index (χ1n) is 11.9. The van der Waals surface area contributed by atoms with E-state index in [1.54, 1.807) is 0 Å². The van der Waals surface area contributed by atoms with Crippen LogP contribution in [0.25, 0.3) is 0 Å². The lowest BCUT2D eigenvalue weighted by atomic mass is 9.82. The van der Waals surface area contributed by atoms with E-state index in [-0.39, 0.29) is 0 Å². The van der Waals surface area contributed by atoms with Crippen molar-refractivity contribution in [2.45, 2.75) is 93.6 Å². The normalized spacial score (nSPS) is 15.5. The van der Waals surface area contributed by atoms with E-state index in [2.05, 4.69) is 66.4 Å². The van der Waals surface area contributed by atoms with E-state index in [9.17, 15) is 0 Å². The fourth-order valence-corrected chi connectivity index (χ4v) is 4.40. The van der Waals surface area contributed by atoms with E-state index in [4.69, 9.17) is 4.74 Å². The molecule has 29 heavy (non-hydrogen) atoms. The second-order valence-electron chi connectivity index (χ2n) is 7.29. The molecule has 2 heteroatoms. The van der Waals surface area contributed by atoms with Crippen molar-refractivity contribution in [2.75, 3.05) is 6.61 Å². The molecule has 0 bridgehead atoms. The predicted molar refractivity (Wildman–Crippen MR) is 136 cm³/mol. The van der Waals surface area contributed by atoms with E-state index >= 15 is 0 Å². The number of benzene rings is 1. The molecule has 0 aliphatic heterocycles. The molecule has 166 valence electrons. The Morgan fingerprint density at radius 2 is 1.83 bits per heavy atom. The molecule has 1 aromatic rings. The van der Waals surface area contributed by atoms with Crippen LogP contribution in [0.3, 0.4) is 0 Å². The highest BCUT2D eigenvalue weighted by Gasteiger charge is 2.26. The van der Waals surface area contributed by atoms with Crippen molar-refractivity contribution in [3.8, 4) is 0 Å². The highest BCUT2D eigenvalue weighted by Crippen LogP contribution is 2.37. The molecule has 1 fully saturated rings. The third-order valence-electron chi connectivity index (χ3n) is 5.41. The van der Waals surface area contributed by atoms with Gasteiger partial charge in [0.2, 0.25) is 0 Å². The first-order chi connectivity index (χ1) is 14.2. The van der Waals surface area contributed by atoms with Gasteiger partial charge in [0.15, 0.2) is 0 Å². The van der Waals surface area contributed by atoms with Crippen LogP contribution in [0.2, 0.25) is 0 Å². The van der Waals surface area contributed by atoms with Gasteiger partial charge in [-0.2, -0.15) is 0 Å². The van der Waals surface area contributed by atoms with Gasteiger partial charge >= 0.3 is 0 Å². The molecule has 1 saturated carbocycles. The molecule has 1 aliphatic carbocycles. The largest absolute Gasteiger partial charge is 0.377 e. The SMILES string of the molecule is C/C=C(\C=C/CC)C(CCOCc1ccc(C)cc1P)C1CCCC1.CC.CC. The molecular formula is C27H47OP. The van der Waals surface area contributed by atoms with Crippen LogP contribution in [0.15, 0.2) is 42.0 Å². The monoisotopic (exact) mass is 418 g/mol. The van der Waals surface area contributed by atoms with Gasteiger partial charge in [-0.15, -0.1) is 9.24 Å². The average Bonchev–Trinajstić information content (AvgIpc) is 3.28. The standard InChI is InChI=1S/C23H35OP.2C2H6/c1-4-6-9-19(5-2)22(20-10-7-8-11-20)14-15-24-17-21-13-12-18(3)16-23(21)25;2*1-2/h5-6,9,12-13,16,20,22H,4,7-8,10-11,14-15,17,25H2,1-3H3;2*1-2H3/b9-6-,19-5+;;. The van der Waals surface area contributed by atoms with Crippen molar-refractivity contribution in [3.63, 3.8) is 0 Å². The zero-order valence-corrected chi connectivity index (χ0v) is 21.4. The third kappa shape index (κ3) is 10.6. The minimum Gasteiger partial charge on any atom is -0.377 e. The van der Waals surface area contributed by atoms with E-state index in [0.717, 1.165) is 25.4 Å². The molecule has 2 unspecified atom stereocenters. The number of hydrogen-bond acceptors (Lipinski definition) is 1. The van der Waals surface area contributed by atoms with Crippen LogP contribution in [0.4, 0.5) is 0 Å².